The SMILES string of the molecule is NC1CCCCC1OCc1ccc(Cl)c(Cl)c1. The van der Waals surface area contributed by atoms with E-state index in [0.717, 1.165) is 18.4 Å². The molecule has 0 aliphatic heterocycles. The summed E-state index contributed by atoms with van der Waals surface area (Å²) in [5.74, 6) is 0. The van der Waals surface area contributed by atoms with Gasteiger partial charge in [-0.1, -0.05) is 42.1 Å². The first-order valence-corrected chi connectivity index (χ1v) is 6.73. The van der Waals surface area contributed by atoms with E-state index < -0.39 is 0 Å². The van der Waals surface area contributed by atoms with Crippen LogP contribution < -0.4 is 5.73 Å². The second-order valence-electron chi connectivity index (χ2n) is 4.55. The molecule has 2 unspecified atom stereocenters. The van der Waals surface area contributed by atoms with Crippen LogP contribution in [0, 0.1) is 0 Å². The fraction of sp³-hybridized carbons (Fsp3) is 0.538. The third-order valence-corrected chi connectivity index (χ3v) is 3.94. The Bertz CT molecular complexity index is 384. The summed E-state index contributed by atoms with van der Waals surface area (Å²) in [6.07, 6.45) is 4.72. The van der Waals surface area contributed by atoms with Gasteiger partial charge in [0.1, 0.15) is 0 Å². The molecule has 2 atom stereocenters. The molecule has 2 N–H and O–H groups in total. The fourth-order valence-electron chi connectivity index (χ4n) is 2.17. The van der Waals surface area contributed by atoms with Gasteiger partial charge in [0, 0.05) is 6.04 Å². The minimum Gasteiger partial charge on any atom is -0.372 e. The van der Waals surface area contributed by atoms with E-state index in [4.69, 9.17) is 33.7 Å². The van der Waals surface area contributed by atoms with Gasteiger partial charge in [-0.25, -0.2) is 0 Å². The van der Waals surface area contributed by atoms with Crippen molar-refractivity contribution in [2.75, 3.05) is 0 Å². The van der Waals surface area contributed by atoms with Crippen LogP contribution in [0.25, 0.3) is 0 Å². The summed E-state index contributed by atoms with van der Waals surface area (Å²) in [5.41, 5.74) is 7.06. The zero-order chi connectivity index (χ0) is 12.3. The van der Waals surface area contributed by atoms with Crippen LogP contribution in [-0.2, 0) is 11.3 Å². The van der Waals surface area contributed by atoms with Crippen molar-refractivity contribution in [2.45, 2.75) is 44.4 Å². The zero-order valence-electron chi connectivity index (χ0n) is 9.66. The molecule has 4 heteroatoms. The first-order valence-electron chi connectivity index (χ1n) is 5.98. The van der Waals surface area contributed by atoms with Crippen LogP contribution in [0.4, 0.5) is 0 Å². The Morgan fingerprint density at radius 3 is 2.65 bits per heavy atom. The van der Waals surface area contributed by atoms with Gasteiger partial charge < -0.3 is 10.5 Å². The molecule has 0 amide bonds. The van der Waals surface area contributed by atoms with Crippen molar-refractivity contribution >= 4 is 23.2 Å². The summed E-state index contributed by atoms with van der Waals surface area (Å²) in [4.78, 5) is 0. The lowest BCUT2D eigenvalue weighted by molar-refractivity contribution is 0.00405. The maximum absolute atomic E-state index is 6.02. The first kappa shape index (κ1) is 13.2. The Kier molecular flexibility index (Phi) is 4.69. The Balaban J connectivity index is 1.90. The maximum atomic E-state index is 6.02. The number of hydrogen-bond acceptors (Lipinski definition) is 2. The summed E-state index contributed by atoms with van der Waals surface area (Å²) in [6, 6.07) is 5.75. The van der Waals surface area contributed by atoms with Gasteiger partial charge in [0.15, 0.2) is 0 Å². The molecule has 0 radical (unpaired) electrons. The third-order valence-electron chi connectivity index (χ3n) is 3.20. The highest BCUT2D eigenvalue weighted by Gasteiger charge is 2.22. The van der Waals surface area contributed by atoms with Crippen molar-refractivity contribution in [2.24, 2.45) is 5.73 Å². The molecule has 2 nitrogen and oxygen atoms in total. The van der Waals surface area contributed by atoms with Gasteiger partial charge in [-0.3, -0.25) is 0 Å². The highest BCUT2D eigenvalue weighted by Crippen LogP contribution is 2.24. The predicted octanol–water partition coefficient (Wildman–Crippen LogP) is 3.78. The number of ether oxygens (including phenoxy) is 1. The van der Waals surface area contributed by atoms with Crippen molar-refractivity contribution in [3.63, 3.8) is 0 Å². The topological polar surface area (TPSA) is 35.2 Å². The van der Waals surface area contributed by atoms with E-state index in [1.54, 1.807) is 6.07 Å². The number of benzene rings is 1. The van der Waals surface area contributed by atoms with Crippen molar-refractivity contribution in [3.8, 4) is 0 Å². The summed E-state index contributed by atoms with van der Waals surface area (Å²) < 4.78 is 5.85. The quantitative estimate of drug-likeness (QED) is 0.910. The van der Waals surface area contributed by atoms with Crippen LogP contribution in [0.1, 0.15) is 31.2 Å². The number of hydrogen-bond donors (Lipinski definition) is 1. The smallest absolute Gasteiger partial charge is 0.0730 e. The lowest BCUT2D eigenvalue weighted by Gasteiger charge is -2.28. The molecular weight excluding hydrogens is 257 g/mol. The van der Waals surface area contributed by atoms with Crippen molar-refractivity contribution in [1.82, 2.24) is 0 Å². The van der Waals surface area contributed by atoms with Gasteiger partial charge in [0.2, 0.25) is 0 Å². The third kappa shape index (κ3) is 3.59. The molecule has 1 aromatic carbocycles. The second-order valence-corrected chi connectivity index (χ2v) is 5.36. The minimum absolute atomic E-state index is 0.173. The number of rotatable bonds is 3. The van der Waals surface area contributed by atoms with Gasteiger partial charge in [0.25, 0.3) is 0 Å². The van der Waals surface area contributed by atoms with Gasteiger partial charge in [-0.05, 0) is 30.5 Å². The summed E-state index contributed by atoms with van der Waals surface area (Å²) >= 11 is 11.8. The molecule has 1 aliphatic rings. The Morgan fingerprint density at radius 2 is 1.94 bits per heavy atom. The molecule has 0 saturated heterocycles. The van der Waals surface area contributed by atoms with Crippen LogP contribution in [0.2, 0.25) is 10.0 Å². The van der Waals surface area contributed by atoms with Crippen LogP contribution in [0.5, 0.6) is 0 Å². The molecule has 1 saturated carbocycles. The van der Waals surface area contributed by atoms with E-state index in [1.165, 1.54) is 12.8 Å². The second kappa shape index (κ2) is 6.05. The summed E-state index contributed by atoms with van der Waals surface area (Å²) in [5, 5.41) is 1.14. The molecule has 17 heavy (non-hydrogen) atoms. The van der Waals surface area contributed by atoms with Gasteiger partial charge in [-0.15, -0.1) is 0 Å². The molecule has 2 rings (SSSR count). The van der Waals surface area contributed by atoms with Gasteiger partial charge in [0.05, 0.1) is 22.8 Å². The fourth-order valence-corrected chi connectivity index (χ4v) is 2.49. The van der Waals surface area contributed by atoms with E-state index in [1.807, 2.05) is 12.1 Å². The Morgan fingerprint density at radius 1 is 1.18 bits per heavy atom. The zero-order valence-corrected chi connectivity index (χ0v) is 11.2. The van der Waals surface area contributed by atoms with E-state index >= 15 is 0 Å². The van der Waals surface area contributed by atoms with E-state index in [0.29, 0.717) is 16.7 Å². The lowest BCUT2D eigenvalue weighted by Crippen LogP contribution is -2.39. The number of halogens is 2. The largest absolute Gasteiger partial charge is 0.372 e. The minimum atomic E-state index is 0.173. The molecule has 0 bridgehead atoms. The van der Waals surface area contributed by atoms with Gasteiger partial charge >= 0.3 is 0 Å². The molecule has 0 heterocycles. The molecular formula is C13H17Cl2NO. The van der Waals surface area contributed by atoms with Crippen molar-refractivity contribution in [1.29, 1.82) is 0 Å². The average molecular weight is 274 g/mol. The molecule has 1 aliphatic carbocycles. The molecule has 1 fully saturated rings. The highest BCUT2D eigenvalue weighted by molar-refractivity contribution is 6.41. The standard InChI is InChI=1S/C13H17Cl2NO/c14-10-6-5-9(7-11(10)15)8-17-13-4-2-1-3-12(13)16/h5-7,12-13H,1-4,8,16H2. The number of nitrogens with two attached hydrogens (primary N) is 1. The Hall–Kier alpha value is -0.280. The Labute approximate surface area is 112 Å². The normalized spacial score (nSPS) is 24.9. The van der Waals surface area contributed by atoms with Crippen molar-refractivity contribution in [3.05, 3.63) is 33.8 Å². The van der Waals surface area contributed by atoms with Crippen LogP contribution in [0.3, 0.4) is 0 Å². The van der Waals surface area contributed by atoms with Crippen LogP contribution in [-0.4, -0.2) is 12.1 Å². The molecule has 0 aromatic heterocycles. The van der Waals surface area contributed by atoms with Crippen LogP contribution >= 0.6 is 23.2 Å². The average Bonchev–Trinajstić information content (AvgIpc) is 2.32. The molecule has 1 aromatic rings. The van der Waals surface area contributed by atoms with E-state index in [9.17, 15) is 0 Å². The lowest BCUT2D eigenvalue weighted by atomic mass is 9.93. The van der Waals surface area contributed by atoms with E-state index in [-0.39, 0.29) is 12.1 Å². The van der Waals surface area contributed by atoms with Gasteiger partial charge in [-0.2, -0.15) is 0 Å². The van der Waals surface area contributed by atoms with E-state index in [2.05, 4.69) is 0 Å². The molecule has 0 spiro atoms. The van der Waals surface area contributed by atoms with Crippen molar-refractivity contribution < 1.29 is 4.74 Å². The summed E-state index contributed by atoms with van der Waals surface area (Å²) in [7, 11) is 0. The first-order chi connectivity index (χ1) is 8.16. The van der Waals surface area contributed by atoms with Crippen LogP contribution in [0.15, 0.2) is 18.2 Å². The monoisotopic (exact) mass is 273 g/mol. The summed E-state index contributed by atoms with van der Waals surface area (Å²) in [6.45, 7) is 0.551. The maximum Gasteiger partial charge on any atom is 0.0730 e. The predicted molar refractivity (Wildman–Crippen MR) is 71.5 cm³/mol. The highest BCUT2D eigenvalue weighted by atomic mass is 35.5. The molecule has 94 valence electrons.